The Morgan fingerprint density at radius 1 is 1.50 bits per heavy atom. The molecule has 3 heteroatoms. The number of hydrogen-bond acceptors (Lipinski definition) is 3. The van der Waals surface area contributed by atoms with Crippen molar-refractivity contribution < 1.29 is 14.0 Å². The first-order valence-corrected chi connectivity index (χ1v) is 3.46. The Morgan fingerprint density at radius 2 is 2.25 bits per heavy atom. The van der Waals surface area contributed by atoms with E-state index in [1.165, 1.54) is 25.3 Å². The highest BCUT2D eigenvalue weighted by Crippen LogP contribution is 2.01. The number of hydrogen-bond donors (Lipinski definition) is 0. The first-order chi connectivity index (χ1) is 5.70. The number of Topliss-reactive ketones (excluding diaryl/α,β-unsaturated/α-hetero) is 1. The van der Waals surface area contributed by atoms with Crippen LogP contribution in [0.1, 0.15) is 12.7 Å². The average molecular weight is 164 g/mol. The molecule has 0 aliphatic carbocycles. The van der Waals surface area contributed by atoms with Crippen LogP contribution in [0.4, 0.5) is 0 Å². The summed E-state index contributed by atoms with van der Waals surface area (Å²) < 4.78 is 4.91. The minimum absolute atomic E-state index is 0.474. The Balaban J connectivity index is 2.63. The van der Waals surface area contributed by atoms with Gasteiger partial charge in [-0.25, -0.2) is 0 Å². The zero-order valence-corrected chi connectivity index (χ0v) is 6.61. The van der Waals surface area contributed by atoms with Gasteiger partial charge in [-0.3, -0.25) is 9.59 Å². The minimum Gasteiger partial charge on any atom is -0.465 e. The molecular formula is C9H8O3. The van der Waals surface area contributed by atoms with Gasteiger partial charge in [0.15, 0.2) is 5.78 Å². The van der Waals surface area contributed by atoms with Crippen LogP contribution in [-0.2, 0) is 9.59 Å². The molecule has 0 amide bonds. The number of carbonyl (C=O) groups is 2. The second-order valence-electron chi connectivity index (χ2n) is 2.27. The van der Waals surface area contributed by atoms with E-state index < -0.39 is 11.6 Å². The Bertz CT molecular complexity index is 307. The van der Waals surface area contributed by atoms with E-state index in [4.69, 9.17) is 4.42 Å². The molecule has 0 spiro atoms. The second kappa shape index (κ2) is 3.67. The summed E-state index contributed by atoms with van der Waals surface area (Å²) >= 11 is 0. The average Bonchev–Trinajstić information content (AvgIpc) is 2.51. The fourth-order valence-corrected chi connectivity index (χ4v) is 0.661. The van der Waals surface area contributed by atoms with Crippen molar-refractivity contribution in [3.05, 3.63) is 30.2 Å². The molecule has 0 saturated carbocycles. The third kappa shape index (κ3) is 2.20. The lowest BCUT2D eigenvalue weighted by Crippen LogP contribution is -2.04. The van der Waals surface area contributed by atoms with E-state index >= 15 is 0 Å². The lowest BCUT2D eigenvalue weighted by atomic mass is 10.2. The molecule has 0 aromatic carbocycles. The highest BCUT2D eigenvalue weighted by Gasteiger charge is 2.01. The third-order valence-electron chi connectivity index (χ3n) is 1.29. The molecule has 1 aromatic heterocycles. The van der Waals surface area contributed by atoms with Crippen molar-refractivity contribution in [1.82, 2.24) is 0 Å². The summed E-state index contributed by atoms with van der Waals surface area (Å²) in [6.45, 7) is 1.23. The fourth-order valence-electron chi connectivity index (χ4n) is 0.661. The highest BCUT2D eigenvalue weighted by molar-refractivity contribution is 6.41. The molecule has 0 saturated heterocycles. The monoisotopic (exact) mass is 164 g/mol. The van der Waals surface area contributed by atoms with Crippen LogP contribution in [0, 0.1) is 0 Å². The van der Waals surface area contributed by atoms with E-state index in [2.05, 4.69) is 0 Å². The lowest BCUT2D eigenvalue weighted by molar-refractivity contribution is -0.132. The van der Waals surface area contributed by atoms with E-state index in [0.717, 1.165) is 0 Å². The molecule has 0 aliphatic rings. The first kappa shape index (κ1) is 8.46. The summed E-state index contributed by atoms with van der Waals surface area (Å²) in [5, 5.41) is 0. The predicted molar refractivity (Wildman–Crippen MR) is 43.4 cm³/mol. The topological polar surface area (TPSA) is 47.3 Å². The normalized spacial score (nSPS) is 10.4. The summed E-state index contributed by atoms with van der Waals surface area (Å²) in [6.07, 6.45) is 4.16. The van der Waals surface area contributed by atoms with E-state index in [9.17, 15) is 9.59 Å². The van der Waals surface area contributed by atoms with Crippen molar-refractivity contribution in [2.45, 2.75) is 6.92 Å². The molecule has 1 heterocycles. The van der Waals surface area contributed by atoms with Gasteiger partial charge in [0.2, 0.25) is 5.78 Å². The summed E-state index contributed by atoms with van der Waals surface area (Å²) in [5.41, 5.74) is 0. The zero-order valence-electron chi connectivity index (χ0n) is 6.61. The molecule has 0 unspecified atom stereocenters. The maximum Gasteiger partial charge on any atom is 0.221 e. The summed E-state index contributed by atoms with van der Waals surface area (Å²) in [7, 11) is 0. The highest BCUT2D eigenvalue weighted by atomic mass is 16.3. The fraction of sp³-hybridized carbons (Fsp3) is 0.111. The van der Waals surface area contributed by atoms with Crippen LogP contribution >= 0.6 is 0 Å². The quantitative estimate of drug-likeness (QED) is 0.501. The minimum atomic E-state index is -0.522. The summed E-state index contributed by atoms with van der Waals surface area (Å²) in [4.78, 5) is 21.2. The number of carbonyl (C=O) groups excluding carboxylic acids is 2. The van der Waals surface area contributed by atoms with E-state index in [0.29, 0.717) is 5.76 Å². The Labute approximate surface area is 69.7 Å². The van der Waals surface area contributed by atoms with E-state index in [1.54, 1.807) is 12.1 Å². The van der Waals surface area contributed by atoms with E-state index in [-0.39, 0.29) is 0 Å². The van der Waals surface area contributed by atoms with Crippen LogP contribution in [0.25, 0.3) is 6.08 Å². The molecule has 0 fully saturated rings. The molecule has 1 rings (SSSR count). The van der Waals surface area contributed by atoms with Crippen LogP contribution < -0.4 is 0 Å². The molecule has 12 heavy (non-hydrogen) atoms. The molecule has 0 bridgehead atoms. The van der Waals surface area contributed by atoms with Gasteiger partial charge in [0.25, 0.3) is 0 Å². The zero-order chi connectivity index (χ0) is 8.97. The van der Waals surface area contributed by atoms with Crippen molar-refractivity contribution in [3.63, 3.8) is 0 Å². The van der Waals surface area contributed by atoms with E-state index in [1.807, 2.05) is 0 Å². The van der Waals surface area contributed by atoms with Crippen molar-refractivity contribution in [3.8, 4) is 0 Å². The second-order valence-corrected chi connectivity index (χ2v) is 2.27. The van der Waals surface area contributed by atoms with Gasteiger partial charge in [0, 0.05) is 6.92 Å². The molecule has 0 aliphatic heterocycles. The van der Waals surface area contributed by atoms with Crippen molar-refractivity contribution in [2.75, 3.05) is 0 Å². The van der Waals surface area contributed by atoms with Crippen molar-refractivity contribution >= 4 is 17.6 Å². The number of allylic oxidation sites excluding steroid dienone is 1. The molecule has 1 aromatic rings. The van der Waals surface area contributed by atoms with Gasteiger partial charge in [0.1, 0.15) is 5.76 Å². The summed E-state index contributed by atoms with van der Waals surface area (Å²) in [6, 6.07) is 3.40. The van der Waals surface area contributed by atoms with Crippen LogP contribution in [0.3, 0.4) is 0 Å². The maximum atomic E-state index is 10.8. The molecular weight excluding hydrogens is 156 g/mol. The Kier molecular flexibility index (Phi) is 2.58. The van der Waals surface area contributed by atoms with Gasteiger partial charge >= 0.3 is 0 Å². The molecule has 0 N–H and O–H groups in total. The standard InChI is InChI=1S/C9H8O3/c1-7(10)9(11)5-4-8-3-2-6-12-8/h2-6H,1H3/b5-4+. The van der Waals surface area contributed by atoms with Gasteiger partial charge in [-0.1, -0.05) is 0 Å². The van der Waals surface area contributed by atoms with Crippen molar-refractivity contribution in [1.29, 1.82) is 0 Å². The van der Waals surface area contributed by atoms with Gasteiger partial charge in [-0.15, -0.1) is 0 Å². The SMILES string of the molecule is CC(=O)C(=O)/C=C/c1ccco1. The third-order valence-corrected chi connectivity index (χ3v) is 1.29. The molecule has 3 nitrogen and oxygen atoms in total. The van der Waals surface area contributed by atoms with Crippen LogP contribution in [0.15, 0.2) is 28.9 Å². The lowest BCUT2D eigenvalue weighted by Gasteiger charge is -1.83. The number of ketones is 2. The van der Waals surface area contributed by atoms with Crippen LogP contribution in [-0.4, -0.2) is 11.6 Å². The largest absolute Gasteiger partial charge is 0.465 e. The van der Waals surface area contributed by atoms with Gasteiger partial charge in [-0.2, -0.15) is 0 Å². The number of furan rings is 1. The molecule has 0 radical (unpaired) electrons. The van der Waals surface area contributed by atoms with Crippen molar-refractivity contribution in [2.24, 2.45) is 0 Å². The molecule has 0 atom stereocenters. The maximum absolute atomic E-state index is 10.8. The van der Waals surface area contributed by atoms with Gasteiger partial charge < -0.3 is 4.42 Å². The Morgan fingerprint density at radius 3 is 2.75 bits per heavy atom. The number of rotatable bonds is 3. The smallest absolute Gasteiger partial charge is 0.221 e. The predicted octanol–water partition coefficient (Wildman–Crippen LogP) is 1.45. The Hall–Kier alpha value is -1.64. The van der Waals surface area contributed by atoms with Crippen LogP contribution in [0.5, 0.6) is 0 Å². The first-order valence-electron chi connectivity index (χ1n) is 3.46. The van der Waals surface area contributed by atoms with Crippen LogP contribution in [0.2, 0.25) is 0 Å². The van der Waals surface area contributed by atoms with Gasteiger partial charge in [0.05, 0.1) is 6.26 Å². The summed E-state index contributed by atoms with van der Waals surface area (Å²) in [5.74, 6) is -0.436. The van der Waals surface area contributed by atoms with Gasteiger partial charge in [-0.05, 0) is 24.3 Å². The molecule has 62 valence electrons.